The number of aromatic nitrogens is 4. The molecule has 1 aliphatic rings. The molecule has 2 heterocycles. The molecule has 0 N–H and O–H groups in total. The molecule has 7 heteroatoms. The number of benzene rings is 2. The summed E-state index contributed by atoms with van der Waals surface area (Å²) in [5, 5.41) is 12.0. The van der Waals surface area contributed by atoms with Gasteiger partial charge in [0.1, 0.15) is 0 Å². The molecule has 4 rings (SSSR count). The van der Waals surface area contributed by atoms with Crippen LogP contribution in [-0.4, -0.2) is 62.1 Å². The van der Waals surface area contributed by atoms with Gasteiger partial charge in [-0.25, -0.2) is 4.68 Å². The van der Waals surface area contributed by atoms with Crippen LogP contribution in [0, 0.1) is 6.92 Å². The van der Waals surface area contributed by atoms with E-state index in [0.717, 1.165) is 38.3 Å². The van der Waals surface area contributed by atoms with Gasteiger partial charge in [0.15, 0.2) is 5.82 Å². The summed E-state index contributed by atoms with van der Waals surface area (Å²) in [6.45, 7) is 10.3. The zero-order valence-corrected chi connectivity index (χ0v) is 17.8. The van der Waals surface area contributed by atoms with Gasteiger partial charge >= 0.3 is 0 Å². The molecule has 7 nitrogen and oxygen atoms in total. The summed E-state index contributed by atoms with van der Waals surface area (Å²) >= 11 is 0. The van der Waals surface area contributed by atoms with Gasteiger partial charge in [0.05, 0.1) is 6.04 Å². The number of nitrogens with zero attached hydrogens (tertiary/aromatic N) is 6. The minimum atomic E-state index is 0.0654. The van der Waals surface area contributed by atoms with Gasteiger partial charge in [-0.3, -0.25) is 9.69 Å². The lowest BCUT2D eigenvalue weighted by Gasteiger charge is -2.35. The van der Waals surface area contributed by atoms with Gasteiger partial charge in [-0.15, -0.1) is 5.10 Å². The van der Waals surface area contributed by atoms with E-state index in [0.29, 0.717) is 11.4 Å². The number of hydrogen-bond acceptors (Lipinski definition) is 5. The summed E-state index contributed by atoms with van der Waals surface area (Å²) in [4.78, 5) is 17.4. The van der Waals surface area contributed by atoms with E-state index >= 15 is 0 Å². The number of carbonyl (C=O) groups is 1. The predicted molar refractivity (Wildman–Crippen MR) is 116 cm³/mol. The molecule has 0 unspecified atom stereocenters. The van der Waals surface area contributed by atoms with E-state index in [-0.39, 0.29) is 11.9 Å². The first-order chi connectivity index (χ1) is 14.5. The molecule has 0 bridgehead atoms. The van der Waals surface area contributed by atoms with Crippen molar-refractivity contribution in [3.8, 4) is 11.4 Å². The second kappa shape index (κ2) is 8.75. The number of hydrogen-bond donors (Lipinski definition) is 0. The van der Waals surface area contributed by atoms with Gasteiger partial charge in [-0.05, 0) is 48.9 Å². The van der Waals surface area contributed by atoms with Gasteiger partial charge < -0.3 is 4.90 Å². The first-order valence-corrected chi connectivity index (χ1v) is 10.5. The zero-order valence-electron chi connectivity index (χ0n) is 17.8. The van der Waals surface area contributed by atoms with Crippen LogP contribution in [0.2, 0.25) is 0 Å². The highest BCUT2D eigenvalue weighted by atomic mass is 16.2. The Morgan fingerprint density at radius 3 is 2.53 bits per heavy atom. The molecule has 0 spiro atoms. The molecule has 0 saturated carbocycles. The Balaban J connectivity index is 1.41. The van der Waals surface area contributed by atoms with Crippen LogP contribution in [-0.2, 0) is 6.54 Å². The summed E-state index contributed by atoms with van der Waals surface area (Å²) in [6.07, 6.45) is 0. The third-order valence-electron chi connectivity index (χ3n) is 5.50. The molecular weight excluding hydrogens is 376 g/mol. The van der Waals surface area contributed by atoms with Crippen molar-refractivity contribution in [3.63, 3.8) is 0 Å². The van der Waals surface area contributed by atoms with Crippen LogP contribution >= 0.6 is 0 Å². The molecule has 0 radical (unpaired) electrons. The van der Waals surface area contributed by atoms with Crippen molar-refractivity contribution in [2.24, 2.45) is 0 Å². The molecule has 1 aromatic heterocycles. The Hall–Kier alpha value is -3.06. The predicted octanol–water partition coefficient (Wildman–Crippen LogP) is 3.19. The van der Waals surface area contributed by atoms with Gasteiger partial charge in [-0.2, -0.15) is 0 Å². The monoisotopic (exact) mass is 404 g/mol. The fourth-order valence-corrected chi connectivity index (χ4v) is 3.88. The van der Waals surface area contributed by atoms with Crippen molar-refractivity contribution < 1.29 is 4.79 Å². The number of carbonyl (C=O) groups excluding carboxylic acids is 1. The van der Waals surface area contributed by atoms with Crippen molar-refractivity contribution in [1.82, 2.24) is 30.0 Å². The maximum Gasteiger partial charge on any atom is 0.253 e. The normalized spacial score (nSPS) is 15.0. The number of piperazine rings is 1. The maximum atomic E-state index is 13.1. The van der Waals surface area contributed by atoms with Crippen molar-refractivity contribution in [2.75, 3.05) is 26.2 Å². The fraction of sp³-hybridized carbons (Fsp3) is 0.391. The Labute approximate surface area is 177 Å². The lowest BCUT2D eigenvalue weighted by molar-refractivity contribution is 0.0628. The third kappa shape index (κ3) is 4.41. The molecular formula is C23H28N6O. The van der Waals surface area contributed by atoms with E-state index in [2.05, 4.69) is 51.6 Å². The number of tetrazole rings is 1. The van der Waals surface area contributed by atoms with Crippen LogP contribution in [0.15, 0.2) is 48.5 Å². The molecule has 2 aromatic carbocycles. The molecule has 1 saturated heterocycles. The average molecular weight is 405 g/mol. The topological polar surface area (TPSA) is 67.2 Å². The minimum Gasteiger partial charge on any atom is -0.336 e. The highest BCUT2D eigenvalue weighted by Gasteiger charge is 2.23. The summed E-state index contributed by atoms with van der Waals surface area (Å²) in [7, 11) is 0. The molecule has 3 aromatic rings. The summed E-state index contributed by atoms with van der Waals surface area (Å²) in [5.74, 6) is 0.748. The molecule has 1 amide bonds. The van der Waals surface area contributed by atoms with Gasteiger partial charge in [-0.1, -0.05) is 42.0 Å². The summed E-state index contributed by atoms with van der Waals surface area (Å²) < 4.78 is 1.77. The van der Waals surface area contributed by atoms with Crippen LogP contribution in [0.4, 0.5) is 0 Å². The van der Waals surface area contributed by atoms with E-state index in [1.807, 2.05) is 43.0 Å². The first kappa shape index (κ1) is 20.2. The van der Waals surface area contributed by atoms with E-state index in [9.17, 15) is 4.79 Å². The van der Waals surface area contributed by atoms with Crippen molar-refractivity contribution >= 4 is 5.91 Å². The van der Waals surface area contributed by atoms with Crippen LogP contribution in [0.1, 0.15) is 41.4 Å². The Bertz CT molecular complexity index is 1020. The zero-order chi connectivity index (χ0) is 21.1. The number of aryl methyl sites for hydroxylation is 1. The summed E-state index contributed by atoms with van der Waals surface area (Å²) in [6, 6.07) is 16.4. The van der Waals surface area contributed by atoms with Crippen molar-refractivity contribution in [2.45, 2.75) is 33.4 Å². The van der Waals surface area contributed by atoms with E-state index < -0.39 is 0 Å². The van der Waals surface area contributed by atoms with Crippen molar-refractivity contribution in [1.29, 1.82) is 0 Å². The standard InChI is InChI=1S/C23H28N6O/c1-17(2)29-22(24-25-26-29)20-8-5-9-21(15-20)23(30)28-12-10-27(11-13-28)16-19-7-4-6-18(3)14-19/h4-9,14-15,17H,10-13,16H2,1-3H3. The Morgan fingerprint density at radius 2 is 1.80 bits per heavy atom. The average Bonchev–Trinajstić information content (AvgIpc) is 3.24. The quantitative estimate of drug-likeness (QED) is 0.653. The Morgan fingerprint density at radius 1 is 1.03 bits per heavy atom. The van der Waals surface area contributed by atoms with Gasteiger partial charge in [0.25, 0.3) is 5.91 Å². The maximum absolute atomic E-state index is 13.1. The summed E-state index contributed by atoms with van der Waals surface area (Å²) in [5.41, 5.74) is 4.14. The second-order valence-corrected chi connectivity index (χ2v) is 8.18. The van der Waals surface area contributed by atoms with E-state index in [1.54, 1.807) is 4.68 Å². The second-order valence-electron chi connectivity index (χ2n) is 8.18. The van der Waals surface area contributed by atoms with E-state index in [4.69, 9.17) is 0 Å². The van der Waals surface area contributed by atoms with Crippen LogP contribution < -0.4 is 0 Å². The van der Waals surface area contributed by atoms with Gasteiger partial charge in [0.2, 0.25) is 0 Å². The molecule has 156 valence electrons. The first-order valence-electron chi connectivity index (χ1n) is 10.5. The molecule has 0 atom stereocenters. The third-order valence-corrected chi connectivity index (χ3v) is 5.50. The van der Waals surface area contributed by atoms with Crippen LogP contribution in [0.5, 0.6) is 0 Å². The SMILES string of the molecule is Cc1cccc(CN2CCN(C(=O)c3cccc(-c4nnnn4C(C)C)c3)CC2)c1. The largest absolute Gasteiger partial charge is 0.336 e. The highest BCUT2D eigenvalue weighted by Crippen LogP contribution is 2.21. The lowest BCUT2D eigenvalue weighted by Crippen LogP contribution is -2.48. The highest BCUT2D eigenvalue weighted by molar-refractivity contribution is 5.95. The molecule has 30 heavy (non-hydrogen) atoms. The van der Waals surface area contributed by atoms with Crippen LogP contribution in [0.25, 0.3) is 11.4 Å². The Kier molecular flexibility index (Phi) is 5.90. The molecule has 0 aliphatic carbocycles. The molecule has 1 fully saturated rings. The van der Waals surface area contributed by atoms with Crippen LogP contribution in [0.3, 0.4) is 0 Å². The molecule has 1 aliphatic heterocycles. The van der Waals surface area contributed by atoms with E-state index in [1.165, 1.54) is 11.1 Å². The van der Waals surface area contributed by atoms with Gasteiger partial charge in [0, 0.05) is 43.9 Å². The smallest absolute Gasteiger partial charge is 0.253 e. The number of amides is 1. The lowest BCUT2D eigenvalue weighted by atomic mass is 10.1. The number of rotatable bonds is 5. The van der Waals surface area contributed by atoms with Crippen molar-refractivity contribution in [3.05, 3.63) is 65.2 Å². The minimum absolute atomic E-state index is 0.0654. The fourth-order valence-electron chi connectivity index (χ4n) is 3.88.